The molecule has 1 fully saturated rings. The molecule has 1 aromatic rings. The maximum Gasteiger partial charge on any atom is 0.141 e. The third-order valence-electron chi connectivity index (χ3n) is 2.41. The molecule has 76 valence electrons. The van der Waals surface area contributed by atoms with Crippen LogP contribution in [0.5, 0.6) is 5.75 Å². The lowest BCUT2D eigenvalue weighted by Crippen LogP contribution is -2.14. The molecule has 0 saturated heterocycles. The van der Waals surface area contributed by atoms with Crippen LogP contribution in [0.2, 0.25) is 0 Å². The van der Waals surface area contributed by atoms with Gasteiger partial charge in [-0.05, 0) is 24.3 Å². The molecular formula is C12H17NO. The first-order chi connectivity index (χ1) is 6.57. The Bertz CT molecular complexity index is 323. The zero-order chi connectivity index (χ0) is 10.2. The molecule has 0 unspecified atom stereocenters. The second kappa shape index (κ2) is 3.26. The van der Waals surface area contributed by atoms with Crippen LogP contribution in [0.4, 0.5) is 0 Å². The molecule has 1 aliphatic rings. The largest absolute Gasteiger partial charge is 0.489 e. The Morgan fingerprint density at radius 2 is 2.07 bits per heavy atom. The van der Waals surface area contributed by atoms with Crippen molar-refractivity contribution in [3.63, 3.8) is 0 Å². The van der Waals surface area contributed by atoms with Crippen molar-refractivity contribution in [2.24, 2.45) is 0 Å². The summed E-state index contributed by atoms with van der Waals surface area (Å²) in [4.78, 5) is 4.11. The monoisotopic (exact) mass is 191 g/mol. The molecule has 1 heterocycles. The van der Waals surface area contributed by atoms with E-state index in [-0.39, 0.29) is 5.41 Å². The van der Waals surface area contributed by atoms with E-state index >= 15 is 0 Å². The van der Waals surface area contributed by atoms with E-state index in [0.717, 1.165) is 5.75 Å². The average Bonchev–Trinajstić information content (AvgIpc) is 2.87. The van der Waals surface area contributed by atoms with Gasteiger partial charge < -0.3 is 4.74 Å². The number of hydrogen-bond acceptors (Lipinski definition) is 2. The van der Waals surface area contributed by atoms with Gasteiger partial charge >= 0.3 is 0 Å². The fourth-order valence-corrected chi connectivity index (χ4v) is 1.46. The number of aromatic nitrogens is 1. The Balaban J connectivity index is 2.27. The highest BCUT2D eigenvalue weighted by Gasteiger charge is 2.26. The second-order valence-corrected chi connectivity index (χ2v) is 4.94. The summed E-state index contributed by atoms with van der Waals surface area (Å²) in [5, 5.41) is 0. The third kappa shape index (κ3) is 2.06. The molecule has 1 aliphatic carbocycles. The minimum Gasteiger partial charge on any atom is -0.489 e. The van der Waals surface area contributed by atoms with Crippen LogP contribution in [0, 0.1) is 0 Å². The van der Waals surface area contributed by atoms with Gasteiger partial charge in [-0.1, -0.05) is 20.8 Å². The maximum atomic E-state index is 5.82. The van der Waals surface area contributed by atoms with E-state index in [4.69, 9.17) is 4.74 Å². The summed E-state index contributed by atoms with van der Waals surface area (Å²) < 4.78 is 5.82. The summed E-state index contributed by atoms with van der Waals surface area (Å²) in [6.07, 6.45) is 6.50. The lowest BCUT2D eigenvalue weighted by molar-refractivity contribution is 0.293. The maximum absolute atomic E-state index is 5.82. The van der Waals surface area contributed by atoms with Crippen LogP contribution in [0.25, 0.3) is 0 Å². The van der Waals surface area contributed by atoms with E-state index in [1.54, 1.807) is 0 Å². The van der Waals surface area contributed by atoms with Gasteiger partial charge in [0.1, 0.15) is 5.75 Å². The number of ether oxygens (including phenoxy) is 1. The molecule has 0 spiro atoms. The summed E-state index contributed by atoms with van der Waals surface area (Å²) >= 11 is 0. The molecule has 0 aromatic carbocycles. The molecule has 14 heavy (non-hydrogen) atoms. The first-order valence-corrected chi connectivity index (χ1v) is 5.18. The standard InChI is InChI=1S/C12H17NO/c1-12(2,3)10-6-7-13-8-11(10)14-9-4-5-9/h6-9H,4-5H2,1-3H3. The predicted molar refractivity (Wildman–Crippen MR) is 56.6 cm³/mol. The van der Waals surface area contributed by atoms with Crippen molar-refractivity contribution in [2.45, 2.75) is 45.1 Å². The Hall–Kier alpha value is -1.05. The van der Waals surface area contributed by atoms with Crippen LogP contribution in [-0.4, -0.2) is 11.1 Å². The average molecular weight is 191 g/mol. The topological polar surface area (TPSA) is 22.1 Å². The summed E-state index contributed by atoms with van der Waals surface area (Å²) in [6.45, 7) is 6.59. The molecule has 0 aliphatic heterocycles. The Morgan fingerprint density at radius 1 is 1.36 bits per heavy atom. The predicted octanol–water partition coefficient (Wildman–Crippen LogP) is 2.92. The number of pyridine rings is 1. The molecule has 2 heteroatoms. The van der Waals surface area contributed by atoms with Crippen molar-refractivity contribution in [1.82, 2.24) is 4.98 Å². The van der Waals surface area contributed by atoms with Gasteiger partial charge in [-0.2, -0.15) is 0 Å². The van der Waals surface area contributed by atoms with Gasteiger partial charge in [0.05, 0.1) is 12.3 Å². The van der Waals surface area contributed by atoms with Crippen molar-refractivity contribution in [1.29, 1.82) is 0 Å². The molecule has 0 bridgehead atoms. The highest BCUT2D eigenvalue weighted by molar-refractivity contribution is 5.35. The first-order valence-electron chi connectivity index (χ1n) is 5.18. The zero-order valence-corrected chi connectivity index (χ0v) is 9.08. The van der Waals surface area contributed by atoms with Crippen LogP contribution in [-0.2, 0) is 5.41 Å². The minimum absolute atomic E-state index is 0.132. The Morgan fingerprint density at radius 3 is 2.64 bits per heavy atom. The van der Waals surface area contributed by atoms with Gasteiger partial charge in [-0.3, -0.25) is 4.98 Å². The van der Waals surface area contributed by atoms with Crippen molar-refractivity contribution in [3.8, 4) is 5.75 Å². The van der Waals surface area contributed by atoms with E-state index < -0.39 is 0 Å². The van der Waals surface area contributed by atoms with Gasteiger partial charge in [0, 0.05) is 11.8 Å². The lowest BCUT2D eigenvalue weighted by atomic mass is 9.87. The van der Waals surface area contributed by atoms with Crippen LogP contribution in [0.15, 0.2) is 18.5 Å². The number of hydrogen-bond donors (Lipinski definition) is 0. The molecular weight excluding hydrogens is 174 g/mol. The van der Waals surface area contributed by atoms with Crippen LogP contribution in [0.3, 0.4) is 0 Å². The fraction of sp³-hybridized carbons (Fsp3) is 0.583. The van der Waals surface area contributed by atoms with Gasteiger partial charge in [-0.15, -0.1) is 0 Å². The Kier molecular flexibility index (Phi) is 2.22. The molecule has 0 radical (unpaired) electrons. The van der Waals surface area contributed by atoms with Gasteiger partial charge in [0.2, 0.25) is 0 Å². The van der Waals surface area contributed by atoms with Crippen LogP contribution < -0.4 is 4.74 Å². The molecule has 1 saturated carbocycles. The van der Waals surface area contributed by atoms with Crippen LogP contribution >= 0.6 is 0 Å². The summed E-state index contributed by atoms with van der Waals surface area (Å²) in [7, 11) is 0. The summed E-state index contributed by atoms with van der Waals surface area (Å²) in [6, 6.07) is 2.05. The smallest absolute Gasteiger partial charge is 0.141 e. The Labute approximate surface area is 85.3 Å². The SMILES string of the molecule is CC(C)(C)c1ccncc1OC1CC1. The molecule has 0 atom stereocenters. The van der Waals surface area contributed by atoms with E-state index in [2.05, 4.69) is 31.8 Å². The zero-order valence-electron chi connectivity index (χ0n) is 9.08. The quantitative estimate of drug-likeness (QED) is 0.717. The minimum atomic E-state index is 0.132. The molecule has 1 aromatic heterocycles. The second-order valence-electron chi connectivity index (χ2n) is 4.94. The highest BCUT2D eigenvalue weighted by atomic mass is 16.5. The van der Waals surface area contributed by atoms with Gasteiger partial charge in [0.15, 0.2) is 0 Å². The van der Waals surface area contributed by atoms with Gasteiger partial charge in [-0.25, -0.2) is 0 Å². The normalized spacial score (nSPS) is 16.8. The van der Waals surface area contributed by atoms with E-state index in [9.17, 15) is 0 Å². The van der Waals surface area contributed by atoms with Crippen molar-refractivity contribution in [3.05, 3.63) is 24.0 Å². The number of nitrogens with zero attached hydrogens (tertiary/aromatic N) is 1. The third-order valence-corrected chi connectivity index (χ3v) is 2.41. The number of rotatable bonds is 2. The summed E-state index contributed by atoms with van der Waals surface area (Å²) in [5.74, 6) is 0.961. The van der Waals surface area contributed by atoms with Crippen molar-refractivity contribution in [2.75, 3.05) is 0 Å². The molecule has 2 nitrogen and oxygen atoms in total. The lowest BCUT2D eigenvalue weighted by Gasteiger charge is -2.22. The van der Waals surface area contributed by atoms with Crippen molar-refractivity contribution >= 4 is 0 Å². The molecule has 0 amide bonds. The fourth-order valence-electron chi connectivity index (χ4n) is 1.46. The van der Waals surface area contributed by atoms with E-state index in [0.29, 0.717) is 6.10 Å². The first kappa shape index (κ1) is 9.50. The molecule has 2 rings (SSSR count). The molecule has 0 N–H and O–H groups in total. The van der Waals surface area contributed by atoms with Crippen LogP contribution in [0.1, 0.15) is 39.2 Å². The highest BCUT2D eigenvalue weighted by Crippen LogP contribution is 2.34. The van der Waals surface area contributed by atoms with Gasteiger partial charge in [0.25, 0.3) is 0 Å². The summed E-state index contributed by atoms with van der Waals surface area (Å²) in [5.41, 5.74) is 1.38. The van der Waals surface area contributed by atoms with Crippen molar-refractivity contribution < 1.29 is 4.74 Å². The van der Waals surface area contributed by atoms with E-state index in [1.807, 2.05) is 12.4 Å². The van der Waals surface area contributed by atoms with E-state index in [1.165, 1.54) is 18.4 Å².